The fourth-order valence-electron chi connectivity index (χ4n) is 3.06. The van der Waals surface area contributed by atoms with Gasteiger partial charge in [-0.2, -0.15) is 0 Å². The first-order valence-electron chi connectivity index (χ1n) is 8.54. The molecule has 0 N–H and O–H groups in total. The molecule has 2 aromatic heterocycles. The maximum Gasteiger partial charge on any atom is 0.332 e. The smallest absolute Gasteiger partial charge is 0.332 e. The molecule has 0 aliphatic rings. The van der Waals surface area contributed by atoms with Crippen LogP contribution < -0.4 is 16.0 Å². The summed E-state index contributed by atoms with van der Waals surface area (Å²) in [7, 11) is 3.40. The van der Waals surface area contributed by atoms with Gasteiger partial charge in [0.1, 0.15) is 11.6 Å². The van der Waals surface area contributed by atoms with E-state index in [0.29, 0.717) is 30.1 Å². The lowest BCUT2D eigenvalue weighted by atomic mass is 10.2. The number of aryl methyl sites for hydroxylation is 2. The average Bonchev–Trinajstić information content (AvgIpc) is 2.97. The molecule has 136 valence electrons. The summed E-state index contributed by atoms with van der Waals surface area (Å²) in [5, 5.41) is 0. The lowest BCUT2D eigenvalue weighted by molar-refractivity contribution is 0.414. The first-order chi connectivity index (χ1) is 12.5. The molecule has 0 aliphatic carbocycles. The largest absolute Gasteiger partial charge is 0.496 e. The molecule has 3 aromatic rings. The lowest BCUT2D eigenvalue weighted by Gasteiger charge is -2.08. The van der Waals surface area contributed by atoms with Crippen LogP contribution in [0.25, 0.3) is 23.3 Å². The van der Waals surface area contributed by atoms with Gasteiger partial charge in [-0.15, -0.1) is 0 Å². The van der Waals surface area contributed by atoms with Crippen LogP contribution >= 0.6 is 0 Å². The van der Waals surface area contributed by atoms with Crippen molar-refractivity contribution in [2.75, 3.05) is 7.11 Å². The van der Waals surface area contributed by atoms with Gasteiger partial charge in [0.2, 0.25) is 0 Å². The molecule has 7 heteroatoms. The second-order valence-corrected chi connectivity index (χ2v) is 5.85. The van der Waals surface area contributed by atoms with Crippen molar-refractivity contribution in [3.8, 4) is 5.75 Å². The molecule has 0 amide bonds. The number of benzene rings is 1. The number of fused-ring (bicyclic) bond motifs is 1. The Morgan fingerprint density at radius 2 is 1.77 bits per heavy atom. The second-order valence-electron chi connectivity index (χ2n) is 5.85. The molecular formula is C19H22N4O3. The molecule has 0 atom stereocenters. The SMILES string of the molecule is CCn1c(=O)c2c(nc(C=Cc3ccccc3OC)n2C)n(CC)c1=O. The van der Waals surface area contributed by atoms with Gasteiger partial charge in [-0.1, -0.05) is 18.2 Å². The van der Waals surface area contributed by atoms with Gasteiger partial charge in [0.15, 0.2) is 11.2 Å². The monoisotopic (exact) mass is 354 g/mol. The van der Waals surface area contributed by atoms with Crippen molar-refractivity contribution in [3.05, 3.63) is 56.5 Å². The molecule has 0 saturated heterocycles. The molecule has 0 saturated carbocycles. The number of hydrogen-bond acceptors (Lipinski definition) is 4. The Hall–Kier alpha value is -3.09. The molecule has 0 bridgehead atoms. The predicted molar refractivity (Wildman–Crippen MR) is 103 cm³/mol. The molecule has 0 fully saturated rings. The third kappa shape index (κ3) is 2.75. The van der Waals surface area contributed by atoms with Gasteiger partial charge in [-0.05, 0) is 32.1 Å². The lowest BCUT2D eigenvalue weighted by Crippen LogP contribution is -2.39. The summed E-state index contributed by atoms with van der Waals surface area (Å²) >= 11 is 0. The van der Waals surface area contributed by atoms with Crippen molar-refractivity contribution >= 4 is 23.3 Å². The quantitative estimate of drug-likeness (QED) is 0.704. The Labute approximate surface area is 150 Å². The summed E-state index contributed by atoms with van der Waals surface area (Å²) in [6.07, 6.45) is 3.70. The maximum absolute atomic E-state index is 12.7. The molecule has 0 aliphatic heterocycles. The van der Waals surface area contributed by atoms with Gasteiger partial charge < -0.3 is 9.30 Å². The zero-order chi connectivity index (χ0) is 18.8. The predicted octanol–water partition coefficient (Wildman–Crippen LogP) is 2.12. The fourth-order valence-corrected chi connectivity index (χ4v) is 3.06. The van der Waals surface area contributed by atoms with E-state index in [0.717, 1.165) is 11.3 Å². The van der Waals surface area contributed by atoms with Gasteiger partial charge in [0.25, 0.3) is 5.56 Å². The van der Waals surface area contributed by atoms with Crippen LogP contribution in [0.2, 0.25) is 0 Å². The van der Waals surface area contributed by atoms with Crippen LogP contribution in [0.3, 0.4) is 0 Å². The van der Waals surface area contributed by atoms with Gasteiger partial charge >= 0.3 is 5.69 Å². The number of aromatic nitrogens is 4. The van der Waals surface area contributed by atoms with E-state index in [2.05, 4.69) is 4.98 Å². The Bertz CT molecular complexity index is 1100. The van der Waals surface area contributed by atoms with Crippen LogP contribution in [0.1, 0.15) is 25.2 Å². The van der Waals surface area contributed by atoms with E-state index < -0.39 is 0 Å². The van der Waals surface area contributed by atoms with Crippen LogP contribution in [0.4, 0.5) is 0 Å². The van der Waals surface area contributed by atoms with Crippen LogP contribution in [-0.4, -0.2) is 25.8 Å². The van der Waals surface area contributed by atoms with E-state index in [1.165, 1.54) is 9.13 Å². The minimum absolute atomic E-state index is 0.316. The normalized spacial score (nSPS) is 11.5. The van der Waals surface area contributed by atoms with E-state index >= 15 is 0 Å². The minimum atomic E-state index is -0.328. The number of hydrogen-bond donors (Lipinski definition) is 0. The third-order valence-corrected chi connectivity index (χ3v) is 4.46. The van der Waals surface area contributed by atoms with Crippen LogP contribution in [0.5, 0.6) is 5.75 Å². The van der Waals surface area contributed by atoms with Crippen LogP contribution in [-0.2, 0) is 20.1 Å². The minimum Gasteiger partial charge on any atom is -0.496 e. The van der Waals surface area contributed by atoms with Gasteiger partial charge in [-0.3, -0.25) is 13.9 Å². The molecule has 7 nitrogen and oxygen atoms in total. The highest BCUT2D eigenvalue weighted by molar-refractivity contribution is 5.77. The Morgan fingerprint density at radius 1 is 1.08 bits per heavy atom. The van der Waals surface area contributed by atoms with Crippen LogP contribution in [0, 0.1) is 0 Å². The molecular weight excluding hydrogens is 332 g/mol. The summed E-state index contributed by atoms with van der Waals surface area (Å²) in [6.45, 7) is 4.42. The number of para-hydroxylation sites is 1. The topological polar surface area (TPSA) is 71.1 Å². The number of rotatable bonds is 5. The standard InChI is InChI=1S/C19H22N4O3/c1-5-22-17-16(18(24)23(6-2)19(22)25)21(3)15(20-17)12-11-13-9-7-8-10-14(13)26-4/h7-12H,5-6H2,1-4H3. The highest BCUT2D eigenvalue weighted by atomic mass is 16.5. The zero-order valence-electron chi connectivity index (χ0n) is 15.4. The average molecular weight is 354 g/mol. The summed E-state index contributed by atoms with van der Waals surface area (Å²) in [5.74, 6) is 1.35. The van der Waals surface area contributed by atoms with E-state index in [9.17, 15) is 9.59 Å². The molecule has 1 aromatic carbocycles. The Kier molecular flexibility index (Phi) is 4.79. The van der Waals surface area contributed by atoms with Crippen molar-refractivity contribution in [2.45, 2.75) is 26.9 Å². The van der Waals surface area contributed by atoms with Crippen molar-refractivity contribution in [3.63, 3.8) is 0 Å². The second kappa shape index (κ2) is 7.03. The van der Waals surface area contributed by atoms with Crippen LogP contribution in [0.15, 0.2) is 33.9 Å². The fraction of sp³-hybridized carbons (Fsp3) is 0.316. The van der Waals surface area contributed by atoms with E-state index in [4.69, 9.17) is 4.74 Å². The summed E-state index contributed by atoms with van der Waals surface area (Å²) in [6, 6.07) is 7.64. The molecule has 0 radical (unpaired) electrons. The zero-order valence-corrected chi connectivity index (χ0v) is 15.4. The van der Waals surface area contributed by atoms with E-state index in [1.54, 1.807) is 25.6 Å². The number of imidazole rings is 1. The highest BCUT2D eigenvalue weighted by Gasteiger charge is 2.17. The van der Waals surface area contributed by atoms with E-state index in [1.807, 2.05) is 43.3 Å². The first kappa shape index (κ1) is 17.7. The highest BCUT2D eigenvalue weighted by Crippen LogP contribution is 2.20. The van der Waals surface area contributed by atoms with Gasteiger partial charge in [-0.25, -0.2) is 9.78 Å². The first-order valence-corrected chi connectivity index (χ1v) is 8.54. The third-order valence-electron chi connectivity index (χ3n) is 4.46. The van der Waals surface area contributed by atoms with Gasteiger partial charge in [0.05, 0.1) is 7.11 Å². The molecule has 2 heterocycles. The number of ether oxygens (including phenoxy) is 1. The summed E-state index contributed by atoms with van der Waals surface area (Å²) in [5.41, 5.74) is 1.10. The van der Waals surface area contributed by atoms with Crippen molar-refractivity contribution in [2.24, 2.45) is 7.05 Å². The van der Waals surface area contributed by atoms with Crippen molar-refractivity contribution in [1.29, 1.82) is 0 Å². The van der Waals surface area contributed by atoms with Gasteiger partial charge in [0, 0.05) is 25.7 Å². The summed E-state index contributed by atoms with van der Waals surface area (Å²) < 4.78 is 9.84. The Balaban J connectivity index is 2.22. The van der Waals surface area contributed by atoms with E-state index in [-0.39, 0.29) is 11.2 Å². The van der Waals surface area contributed by atoms with Crippen molar-refractivity contribution in [1.82, 2.24) is 18.7 Å². The molecule has 3 rings (SSSR count). The molecule has 0 spiro atoms. The Morgan fingerprint density at radius 3 is 2.42 bits per heavy atom. The maximum atomic E-state index is 12.7. The molecule has 0 unspecified atom stereocenters. The van der Waals surface area contributed by atoms with Crippen molar-refractivity contribution < 1.29 is 4.74 Å². The summed E-state index contributed by atoms with van der Waals surface area (Å²) in [4.78, 5) is 29.7. The number of methoxy groups -OCH3 is 1. The molecule has 26 heavy (non-hydrogen) atoms. The number of nitrogens with zero attached hydrogens (tertiary/aromatic N) is 4.